The topological polar surface area (TPSA) is 54.1 Å². The highest BCUT2D eigenvalue weighted by Gasteiger charge is 2.30. The Bertz CT molecular complexity index is 570. The Labute approximate surface area is 105 Å². The second-order valence-corrected chi connectivity index (χ2v) is 4.74. The number of benzene rings is 1. The summed E-state index contributed by atoms with van der Waals surface area (Å²) in [5, 5.41) is 4.02. The van der Waals surface area contributed by atoms with E-state index in [-0.39, 0.29) is 11.9 Å². The molecule has 0 aliphatic heterocycles. The van der Waals surface area contributed by atoms with Crippen molar-refractivity contribution < 1.29 is 9.53 Å². The summed E-state index contributed by atoms with van der Waals surface area (Å²) in [7, 11) is 1.71. The molecule has 4 heteroatoms. The van der Waals surface area contributed by atoms with E-state index in [2.05, 4.69) is 10.3 Å². The molecule has 1 aliphatic carbocycles. The van der Waals surface area contributed by atoms with Crippen LogP contribution in [0, 0.1) is 0 Å². The smallest absolute Gasteiger partial charge is 0.252 e. The summed E-state index contributed by atoms with van der Waals surface area (Å²) >= 11 is 0. The predicted octanol–water partition coefficient (Wildman–Crippen LogP) is 2.08. The van der Waals surface area contributed by atoms with E-state index < -0.39 is 0 Å². The first-order valence-corrected chi connectivity index (χ1v) is 6.17. The molecule has 1 heterocycles. The molecular weight excluding hydrogens is 228 g/mol. The predicted molar refractivity (Wildman–Crippen MR) is 69.6 cm³/mol. The first-order chi connectivity index (χ1) is 8.78. The van der Waals surface area contributed by atoms with Crippen LogP contribution in [0.25, 0.3) is 10.9 Å². The van der Waals surface area contributed by atoms with Gasteiger partial charge in [0.25, 0.3) is 5.91 Å². The maximum atomic E-state index is 12.2. The molecule has 18 heavy (non-hydrogen) atoms. The average Bonchev–Trinajstić information content (AvgIpc) is 2.80. The van der Waals surface area contributed by atoms with Crippen LogP contribution in [0.2, 0.25) is 0 Å². The highest BCUT2D eigenvalue weighted by Crippen LogP contribution is 2.24. The van der Waals surface area contributed by atoms with Crippen LogP contribution in [0.1, 0.15) is 23.2 Å². The second-order valence-electron chi connectivity index (χ2n) is 4.74. The number of aromatic amines is 1. The van der Waals surface area contributed by atoms with Crippen molar-refractivity contribution in [1.29, 1.82) is 0 Å². The van der Waals surface area contributed by atoms with Gasteiger partial charge < -0.3 is 15.0 Å². The number of amides is 1. The van der Waals surface area contributed by atoms with Crippen molar-refractivity contribution in [2.45, 2.75) is 25.0 Å². The summed E-state index contributed by atoms with van der Waals surface area (Å²) in [6.45, 7) is 0. The van der Waals surface area contributed by atoms with Gasteiger partial charge >= 0.3 is 0 Å². The van der Waals surface area contributed by atoms with Gasteiger partial charge in [-0.25, -0.2) is 0 Å². The molecule has 1 saturated carbocycles. The van der Waals surface area contributed by atoms with Gasteiger partial charge in [0, 0.05) is 35.8 Å². The summed E-state index contributed by atoms with van der Waals surface area (Å²) in [5.74, 6) is -0.000229. The fourth-order valence-electron chi connectivity index (χ4n) is 2.42. The zero-order chi connectivity index (χ0) is 12.5. The normalized spacial score (nSPS) is 22.7. The summed E-state index contributed by atoms with van der Waals surface area (Å²) in [4.78, 5) is 15.3. The monoisotopic (exact) mass is 244 g/mol. The number of aromatic nitrogens is 1. The van der Waals surface area contributed by atoms with Crippen LogP contribution in [0.5, 0.6) is 0 Å². The van der Waals surface area contributed by atoms with E-state index in [9.17, 15) is 4.79 Å². The van der Waals surface area contributed by atoms with Gasteiger partial charge in [-0.15, -0.1) is 0 Å². The molecule has 1 aromatic carbocycles. The number of rotatable bonds is 3. The number of hydrogen-bond donors (Lipinski definition) is 2. The quantitative estimate of drug-likeness (QED) is 0.868. The molecule has 2 aromatic rings. The average molecular weight is 244 g/mol. The van der Waals surface area contributed by atoms with Crippen molar-refractivity contribution in [3.8, 4) is 0 Å². The van der Waals surface area contributed by atoms with Crippen molar-refractivity contribution in [1.82, 2.24) is 10.3 Å². The number of carbonyl (C=O) groups excluding carboxylic acids is 1. The maximum absolute atomic E-state index is 12.2. The summed E-state index contributed by atoms with van der Waals surface area (Å²) in [6.07, 6.45) is 3.97. The SMILES string of the molecule is COC1CC(NC(=O)c2cccc3[nH]ccc23)C1. The highest BCUT2D eigenvalue weighted by molar-refractivity contribution is 6.06. The number of hydrogen-bond acceptors (Lipinski definition) is 2. The number of carbonyl (C=O) groups is 1. The van der Waals surface area contributed by atoms with Gasteiger partial charge in [-0.2, -0.15) is 0 Å². The lowest BCUT2D eigenvalue weighted by Gasteiger charge is -2.34. The number of nitrogens with one attached hydrogen (secondary N) is 2. The molecule has 0 unspecified atom stereocenters. The third-order valence-electron chi connectivity index (χ3n) is 3.60. The Kier molecular flexibility index (Phi) is 2.80. The van der Waals surface area contributed by atoms with Crippen molar-refractivity contribution in [3.63, 3.8) is 0 Å². The van der Waals surface area contributed by atoms with Gasteiger partial charge in [0.05, 0.1) is 6.10 Å². The third kappa shape index (κ3) is 1.88. The molecule has 1 fully saturated rings. The molecule has 3 rings (SSSR count). The Morgan fingerprint density at radius 3 is 3.00 bits per heavy atom. The third-order valence-corrected chi connectivity index (χ3v) is 3.60. The first kappa shape index (κ1) is 11.3. The molecule has 0 radical (unpaired) electrons. The van der Waals surface area contributed by atoms with Crippen molar-refractivity contribution in [2.24, 2.45) is 0 Å². The summed E-state index contributed by atoms with van der Waals surface area (Å²) in [5.41, 5.74) is 1.72. The maximum Gasteiger partial charge on any atom is 0.252 e. The van der Waals surface area contributed by atoms with Crippen LogP contribution in [-0.2, 0) is 4.74 Å². The molecule has 1 aliphatic rings. The van der Waals surface area contributed by atoms with E-state index in [4.69, 9.17) is 4.74 Å². The van der Waals surface area contributed by atoms with E-state index in [0.29, 0.717) is 6.10 Å². The zero-order valence-electron chi connectivity index (χ0n) is 10.3. The zero-order valence-corrected chi connectivity index (χ0v) is 10.3. The molecule has 1 amide bonds. The van der Waals surface area contributed by atoms with E-state index >= 15 is 0 Å². The van der Waals surface area contributed by atoms with Crippen molar-refractivity contribution in [3.05, 3.63) is 36.0 Å². The molecule has 0 bridgehead atoms. The molecular formula is C14H16N2O2. The minimum absolute atomic E-state index is 0.000229. The molecule has 94 valence electrons. The molecule has 0 spiro atoms. The molecule has 0 saturated heterocycles. The van der Waals surface area contributed by atoms with Crippen LogP contribution in [-0.4, -0.2) is 30.1 Å². The van der Waals surface area contributed by atoms with Crippen LogP contribution >= 0.6 is 0 Å². The molecule has 2 N–H and O–H groups in total. The largest absolute Gasteiger partial charge is 0.381 e. The lowest BCUT2D eigenvalue weighted by Crippen LogP contribution is -2.47. The van der Waals surface area contributed by atoms with E-state index in [1.54, 1.807) is 7.11 Å². The van der Waals surface area contributed by atoms with Crippen molar-refractivity contribution >= 4 is 16.8 Å². The van der Waals surface area contributed by atoms with Gasteiger partial charge in [0.1, 0.15) is 0 Å². The van der Waals surface area contributed by atoms with Crippen LogP contribution in [0.3, 0.4) is 0 Å². The second kappa shape index (κ2) is 4.46. The minimum atomic E-state index is -0.000229. The van der Waals surface area contributed by atoms with E-state index in [1.807, 2.05) is 30.5 Å². The summed E-state index contributed by atoms with van der Waals surface area (Å²) in [6, 6.07) is 7.90. The van der Waals surface area contributed by atoms with Gasteiger partial charge in [-0.05, 0) is 31.0 Å². The molecule has 1 aromatic heterocycles. The van der Waals surface area contributed by atoms with Gasteiger partial charge in [-0.3, -0.25) is 4.79 Å². The van der Waals surface area contributed by atoms with Gasteiger partial charge in [-0.1, -0.05) is 6.07 Å². The Morgan fingerprint density at radius 1 is 1.39 bits per heavy atom. The van der Waals surface area contributed by atoms with Crippen LogP contribution in [0.4, 0.5) is 0 Å². The number of fused-ring (bicyclic) bond motifs is 1. The highest BCUT2D eigenvalue weighted by atomic mass is 16.5. The fourth-order valence-corrected chi connectivity index (χ4v) is 2.42. The number of ether oxygens (including phenoxy) is 1. The Hall–Kier alpha value is -1.81. The standard InChI is InChI=1S/C14H16N2O2/c1-18-10-7-9(8-10)16-14(17)12-3-2-4-13-11(12)5-6-15-13/h2-6,9-10,15H,7-8H2,1H3,(H,16,17). The number of methoxy groups -OCH3 is 1. The van der Waals surface area contributed by atoms with E-state index in [0.717, 1.165) is 29.3 Å². The van der Waals surface area contributed by atoms with Crippen LogP contribution in [0.15, 0.2) is 30.5 Å². The number of H-pyrrole nitrogens is 1. The molecule has 4 nitrogen and oxygen atoms in total. The van der Waals surface area contributed by atoms with Crippen molar-refractivity contribution in [2.75, 3.05) is 7.11 Å². The van der Waals surface area contributed by atoms with Gasteiger partial charge in [0.15, 0.2) is 0 Å². The molecule has 0 atom stereocenters. The summed E-state index contributed by atoms with van der Waals surface area (Å²) < 4.78 is 5.21. The minimum Gasteiger partial charge on any atom is -0.381 e. The fraction of sp³-hybridized carbons (Fsp3) is 0.357. The lowest BCUT2D eigenvalue weighted by atomic mass is 9.89. The first-order valence-electron chi connectivity index (χ1n) is 6.17. The Balaban J connectivity index is 1.74. The van der Waals surface area contributed by atoms with Gasteiger partial charge in [0.2, 0.25) is 0 Å². The van der Waals surface area contributed by atoms with Crippen LogP contribution < -0.4 is 5.32 Å². The lowest BCUT2D eigenvalue weighted by molar-refractivity contribution is 0.0176. The Morgan fingerprint density at radius 2 is 2.22 bits per heavy atom. The van der Waals surface area contributed by atoms with E-state index in [1.165, 1.54) is 0 Å².